The minimum absolute atomic E-state index is 0.106. The highest BCUT2D eigenvalue weighted by atomic mass is 16.1. The summed E-state index contributed by atoms with van der Waals surface area (Å²) in [5, 5.41) is 0. The fourth-order valence-electron chi connectivity index (χ4n) is 1.23. The second-order valence-electron chi connectivity index (χ2n) is 3.18. The Balaban J connectivity index is 0.000000396. The van der Waals surface area contributed by atoms with Gasteiger partial charge in [0.05, 0.1) is 0 Å². The van der Waals surface area contributed by atoms with E-state index in [1.165, 1.54) is 18.4 Å². The van der Waals surface area contributed by atoms with Gasteiger partial charge in [-0.15, -0.1) is 0 Å². The highest BCUT2D eigenvalue weighted by Crippen LogP contribution is 2.39. The molecule has 0 aromatic carbocycles. The van der Waals surface area contributed by atoms with Crippen LogP contribution in [0.5, 0.6) is 0 Å². The van der Waals surface area contributed by atoms with Gasteiger partial charge in [-0.3, -0.25) is 4.79 Å². The largest absolute Gasteiger partial charge is 0.319 e. The van der Waals surface area contributed by atoms with Crippen LogP contribution in [0.3, 0.4) is 0 Å². The Morgan fingerprint density at radius 1 is 1.38 bits per heavy atom. The average molecular weight is 179 g/mol. The Bertz CT molecular complexity index is 323. The van der Waals surface area contributed by atoms with Crippen LogP contribution in [0.25, 0.3) is 0 Å². The van der Waals surface area contributed by atoms with Crippen LogP contribution in [0, 0.1) is 0 Å². The van der Waals surface area contributed by atoms with Crippen LogP contribution in [0.15, 0.2) is 23.1 Å². The summed E-state index contributed by atoms with van der Waals surface area (Å²) < 4.78 is 1.60. The molecule has 72 valence electrons. The molecule has 1 aliphatic carbocycles. The highest BCUT2D eigenvalue weighted by molar-refractivity contribution is 5.20. The molecule has 1 aromatic rings. The third-order valence-corrected chi connectivity index (χ3v) is 2.18. The van der Waals surface area contributed by atoms with Crippen LogP contribution >= 0.6 is 0 Å². The van der Waals surface area contributed by atoms with Gasteiger partial charge in [-0.2, -0.15) is 0 Å². The first-order valence-corrected chi connectivity index (χ1v) is 4.94. The first-order chi connectivity index (χ1) is 6.27. The number of rotatable bonds is 1. The first-order valence-electron chi connectivity index (χ1n) is 4.94. The Morgan fingerprint density at radius 2 is 2.00 bits per heavy atom. The summed E-state index contributed by atoms with van der Waals surface area (Å²) in [4.78, 5) is 11.1. The van der Waals surface area contributed by atoms with Gasteiger partial charge in [0.1, 0.15) is 0 Å². The molecule has 2 rings (SSSR count). The predicted molar refractivity (Wildman–Crippen MR) is 55.0 cm³/mol. The van der Waals surface area contributed by atoms with E-state index in [0.717, 1.165) is 0 Å². The van der Waals surface area contributed by atoms with E-state index in [0.29, 0.717) is 5.92 Å². The molecule has 0 N–H and O–H groups in total. The third-order valence-electron chi connectivity index (χ3n) is 2.18. The second kappa shape index (κ2) is 4.26. The molecule has 0 radical (unpaired) electrons. The summed E-state index contributed by atoms with van der Waals surface area (Å²) in [5.74, 6) is 0.684. The van der Waals surface area contributed by atoms with E-state index in [1.54, 1.807) is 17.7 Å². The number of aryl methyl sites for hydroxylation is 1. The zero-order valence-corrected chi connectivity index (χ0v) is 8.58. The zero-order chi connectivity index (χ0) is 9.84. The number of hydrogen-bond donors (Lipinski definition) is 0. The van der Waals surface area contributed by atoms with Crippen molar-refractivity contribution in [2.75, 3.05) is 0 Å². The van der Waals surface area contributed by atoms with Crippen LogP contribution in [-0.2, 0) is 7.05 Å². The van der Waals surface area contributed by atoms with Gasteiger partial charge in [0.25, 0.3) is 5.56 Å². The summed E-state index contributed by atoms with van der Waals surface area (Å²) in [5.41, 5.74) is 1.32. The average Bonchev–Trinajstić information content (AvgIpc) is 2.96. The monoisotopic (exact) mass is 179 g/mol. The lowest BCUT2D eigenvalue weighted by molar-refractivity contribution is 0.849. The van der Waals surface area contributed by atoms with Gasteiger partial charge < -0.3 is 4.57 Å². The maximum absolute atomic E-state index is 11.1. The van der Waals surface area contributed by atoms with Crippen LogP contribution < -0.4 is 5.56 Å². The molecule has 0 amide bonds. The van der Waals surface area contributed by atoms with Crippen molar-refractivity contribution in [1.82, 2.24) is 4.57 Å². The molecule has 1 aromatic heterocycles. The number of hydrogen-bond acceptors (Lipinski definition) is 1. The van der Waals surface area contributed by atoms with Crippen molar-refractivity contribution in [3.05, 3.63) is 34.2 Å². The van der Waals surface area contributed by atoms with Gasteiger partial charge in [-0.1, -0.05) is 13.8 Å². The zero-order valence-electron chi connectivity index (χ0n) is 8.58. The molecule has 0 atom stereocenters. The van der Waals surface area contributed by atoms with E-state index >= 15 is 0 Å². The number of aromatic nitrogens is 1. The van der Waals surface area contributed by atoms with Crippen molar-refractivity contribution >= 4 is 0 Å². The van der Waals surface area contributed by atoms with Crippen molar-refractivity contribution in [3.8, 4) is 0 Å². The quantitative estimate of drug-likeness (QED) is 0.648. The molecule has 1 saturated carbocycles. The fraction of sp³-hybridized carbons (Fsp3) is 0.545. The summed E-state index contributed by atoms with van der Waals surface area (Å²) in [6.45, 7) is 4.00. The molecule has 0 unspecified atom stereocenters. The number of nitrogens with zero attached hydrogens (tertiary/aromatic N) is 1. The molecule has 1 fully saturated rings. The van der Waals surface area contributed by atoms with Gasteiger partial charge in [0.2, 0.25) is 0 Å². The lowest BCUT2D eigenvalue weighted by Gasteiger charge is -1.98. The summed E-state index contributed by atoms with van der Waals surface area (Å²) >= 11 is 0. The highest BCUT2D eigenvalue weighted by Gasteiger charge is 2.23. The van der Waals surface area contributed by atoms with E-state index in [2.05, 4.69) is 0 Å². The van der Waals surface area contributed by atoms with Crippen LogP contribution in [0.2, 0.25) is 0 Å². The molecular formula is C11H17NO. The molecule has 1 aliphatic rings. The third kappa shape index (κ3) is 2.44. The second-order valence-corrected chi connectivity index (χ2v) is 3.18. The molecule has 0 bridgehead atoms. The molecule has 0 saturated heterocycles. The summed E-state index contributed by atoms with van der Waals surface area (Å²) in [6, 6.07) is 3.79. The summed E-state index contributed by atoms with van der Waals surface area (Å²) in [7, 11) is 1.78. The van der Waals surface area contributed by atoms with Crippen molar-refractivity contribution in [3.63, 3.8) is 0 Å². The van der Waals surface area contributed by atoms with Gasteiger partial charge in [0.15, 0.2) is 0 Å². The lowest BCUT2D eigenvalue weighted by Crippen LogP contribution is -2.14. The molecule has 0 spiro atoms. The van der Waals surface area contributed by atoms with Crippen molar-refractivity contribution in [2.45, 2.75) is 32.6 Å². The Hall–Kier alpha value is -1.05. The first kappa shape index (κ1) is 10.0. The van der Waals surface area contributed by atoms with Crippen molar-refractivity contribution in [1.29, 1.82) is 0 Å². The lowest BCUT2D eigenvalue weighted by atomic mass is 10.2. The van der Waals surface area contributed by atoms with Crippen LogP contribution in [0.4, 0.5) is 0 Å². The molecule has 13 heavy (non-hydrogen) atoms. The van der Waals surface area contributed by atoms with E-state index < -0.39 is 0 Å². The maximum Gasteiger partial charge on any atom is 0.250 e. The van der Waals surface area contributed by atoms with Gasteiger partial charge in [-0.05, 0) is 30.4 Å². The van der Waals surface area contributed by atoms with Gasteiger partial charge in [-0.25, -0.2) is 0 Å². The molecule has 2 nitrogen and oxygen atoms in total. The van der Waals surface area contributed by atoms with E-state index in [1.807, 2.05) is 26.1 Å². The van der Waals surface area contributed by atoms with E-state index in [4.69, 9.17) is 0 Å². The maximum atomic E-state index is 11.1. The van der Waals surface area contributed by atoms with Gasteiger partial charge >= 0.3 is 0 Å². The molecule has 0 aliphatic heterocycles. The SMILES string of the molecule is CC.Cn1ccc(C2CC2)cc1=O. The Morgan fingerprint density at radius 3 is 2.46 bits per heavy atom. The predicted octanol–water partition coefficient (Wildman–Crippen LogP) is 2.29. The topological polar surface area (TPSA) is 22.0 Å². The minimum atomic E-state index is 0.106. The molecular weight excluding hydrogens is 162 g/mol. The normalized spacial score (nSPS) is 14.7. The number of pyridine rings is 1. The fourth-order valence-corrected chi connectivity index (χ4v) is 1.23. The Kier molecular flexibility index (Phi) is 3.29. The smallest absolute Gasteiger partial charge is 0.250 e. The molecule has 1 heterocycles. The van der Waals surface area contributed by atoms with E-state index in [-0.39, 0.29) is 5.56 Å². The Labute approximate surface area is 79.2 Å². The van der Waals surface area contributed by atoms with Gasteiger partial charge in [0, 0.05) is 19.3 Å². The standard InChI is InChI=1S/C9H11NO.C2H6/c1-10-5-4-8(6-9(10)11)7-2-3-7;1-2/h4-7H,2-3H2,1H3;1-2H3. The van der Waals surface area contributed by atoms with Crippen molar-refractivity contribution < 1.29 is 0 Å². The molecule has 2 heteroatoms. The van der Waals surface area contributed by atoms with E-state index in [9.17, 15) is 4.79 Å². The van der Waals surface area contributed by atoms with Crippen molar-refractivity contribution in [2.24, 2.45) is 7.05 Å². The van der Waals surface area contributed by atoms with Crippen LogP contribution in [-0.4, -0.2) is 4.57 Å². The summed E-state index contributed by atoms with van der Waals surface area (Å²) in [6.07, 6.45) is 4.36. The van der Waals surface area contributed by atoms with Crippen LogP contribution in [0.1, 0.15) is 38.2 Å². The minimum Gasteiger partial charge on any atom is -0.319 e.